The molecule has 2 rings (SSSR count). The molecule has 0 aliphatic rings. The lowest BCUT2D eigenvalue weighted by Crippen LogP contribution is -2.04. The van der Waals surface area contributed by atoms with Crippen LogP contribution in [0, 0.1) is 5.92 Å². The Balaban J connectivity index is 2.39. The number of benzene rings is 1. The highest BCUT2D eigenvalue weighted by Crippen LogP contribution is 2.21. The fraction of sp³-hybridized carbons (Fsp3) is 0.385. The first-order chi connectivity index (χ1) is 7.20. The minimum absolute atomic E-state index is 0.708. The molecule has 1 atom stereocenters. The van der Waals surface area contributed by atoms with Gasteiger partial charge in [-0.15, -0.1) is 0 Å². The fourth-order valence-corrected chi connectivity index (χ4v) is 1.95. The van der Waals surface area contributed by atoms with E-state index in [1.807, 2.05) is 12.1 Å². The molecule has 2 aromatic rings. The molecule has 0 spiro atoms. The largest absolute Gasteiger partial charge is 0.347 e. The Hall–Kier alpha value is -0.950. The molecule has 0 N–H and O–H groups in total. The molecular weight excluding hydrogens is 206 g/mol. The highest BCUT2D eigenvalue weighted by Gasteiger charge is 2.04. The van der Waals surface area contributed by atoms with Crippen molar-refractivity contribution in [2.24, 2.45) is 5.92 Å². The maximum absolute atomic E-state index is 6.00. The van der Waals surface area contributed by atoms with E-state index in [1.54, 1.807) is 0 Å². The summed E-state index contributed by atoms with van der Waals surface area (Å²) in [4.78, 5) is 0. The van der Waals surface area contributed by atoms with Gasteiger partial charge in [-0.1, -0.05) is 37.9 Å². The standard InChI is InChI=1S/C13H16ClN/c1-3-10(2)9-15-7-6-11-4-5-12(14)8-13(11)15/h4-8,10H,3,9H2,1-2H3. The minimum Gasteiger partial charge on any atom is -0.347 e. The van der Waals surface area contributed by atoms with Gasteiger partial charge in [-0.25, -0.2) is 0 Å². The number of nitrogens with zero attached hydrogens (tertiary/aromatic N) is 1. The molecule has 80 valence electrons. The van der Waals surface area contributed by atoms with Gasteiger partial charge in [0.2, 0.25) is 0 Å². The topological polar surface area (TPSA) is 4.93 Å². The van der Waals surface area contributed by atoms with Crippen LogP contribution in [0.4, 0.5) is 0 Å². The van der Waals surface area contributed by atoms with E-state index in [2.05, 4.69) is 36.7 Å². The van der Waals surface area contributed by atoms with Crippen molar-refractivity contribution < 1.29 is 0 Å². The third-order valence-corrected chi connectivity index (χ3v) is 3.18. The first kappa shape index (κ1) is 10.6. The molecule has 1 nitrogen and oxygen atoms in total. The molecule has 0 saturated heterocycles. The van der Waals surface area contributed by atoms with E-state index in [1.165, 1.54) is 17.3 Å². The van der Waals surface area contributed by atoms with Crippen molar-refractivity contribution in [1.82, 2.24) is 4.57 Å². The van der Waals surface area contributed by atoms with E-state index < -0.39 is 0 Å². The van der Waals surface area contributed by atoms with Crippen LogP contribution in [-0.4, -0.2) is 4.57 Å². The molecule has 0 fully saturated rings. The molecule has 1 aromatic carbocycles. The quantitative estimate of drug-likeness (QED) is 0.727. The van der Waals surface area contributed by atoms with Gasteiger partial charge in [-0.05, 0) is 29.5 Å². The molecular formula is C13H16ClN. The van der Waals surface area contributed by atoms with E-state index in [4.69, 9.17) is 11.6 Å². The van der Waals surface area contributed by atoms with Crippen LogP contribution in [0.1, 0.15) is 20.3 Å². The number of hydrogen-bond acceptors (Lipinski definition) is 0. The molecule has 15 heavy (non-hydrogen) atoms. The molecule has 0 amide bonds. The van der Waals surface area contributed by atoms with E-state index in [0.717, 1.165) is 11.6 Å². The number of aromatic nitrogens is 1. The van der Waals surface area contributed by atoms with Gasteiger partial charge < -0.3 is 4.57 Å². The van der Waals surface area contributed by atoms with Crippen LogP contribution in [0.5, 0.6) is 0 Å². The first-order valence-corrected chi connectivity index (χ1v) is 5.83. The van der Waals surface area contributed by atoms with Crippen LogP contribution < -0.4 is 0 Å². The summed E-state index contributed by atoms with van der Waals surface area (Å²) < 4.78 is 2.29. The second kappa shape index (κ2) is 4.28. The van der Waals surface area contributed by atoms with Gasteiger partial charge >= 0.3 is 0 Å². The summed E-state index contributed by atoms with van der Waals surface area (Å²) in [5.74, 6) is 0.708. The van der Waals surface area contributed by atoms with E-state index in [9.17, 15) is 0 Å². The van der Waals surface area contributed by atoms with Crippen molar-refractivity contribution in [3.8, 4) is 0 Å². The van der Waals surface area contributed by atoms with Crippen molar-refractivity contribution >= 4 is 22.5 Å². The Bertz CT molecular complexity index is 459. The van der Waals surface area contributed by atoms with Crippen LogP contribution in [0.25, 0.3) is 10.9 Å². The summed E-state index contributed by atoms with van der Waals surface area (Å²) in [5.41, 5.74) is 1.24. The van der Waals surface area contributed by atoms with Gasteiger partial charge in [0.05, 0.1) is 0 Å². The summed E-state index contributed by atoms with van der Waals surface area (Å²) in [6, 6.07) is 8.20. The minimum atomic E-state index is 0.708. The van der Waals surface area contributed by atoms with Crippen molar-refractivity contribution in [3.63, 3.8) is 0 Å². The highest BCUT2D eigenvalue weighted by atomic mass is 35.5. The van der Waals surface area contributed by atoms with Gasteiger partial charge in [0.25, 0.3) is 0 Å². The average Bonchev–Trinajstić information content (AvgIpc) is 2.61. The SMILES string of the molecule is CCC(C)Cn1ccc2ccc(Cl)cc21. The van der Waals surface area contributed by atoms with Crippen molar-refractivity contribution in [1.29, 1.82) is 0 Å². The predicted molar refractivity (Wildman–Crippen MR) is 66.4 cm³/mol. The van der Waals surface area contributed by atoms with Crippen LogP contribution in [0.15, 0.2) is 30.5 Å². The maximum Gasteiger partial charge on any atom is 0.0495 e. The van der Waals surface area contributed by atoms with Gasteiger partial charge in [0.15, 0.2) is 0 Å². The van der Waals surface area contributed by atoms with E-state index >= 15 is 0 Å². The zero-order valence-corrected chi connectivity index (χ0v) is 9.96. The molecule has 2 heteroatoms. The van der Waals surface area contributed by atoms with Crippen molar-refractivity contribution in [2.45, 2.75) is 26.8 Å². The third-order valence-electron chi connectivity index (χ3n) is 2.94. The van der Waals surface area contributed by atoms with Gasteiger partial charge in [-0.2, -0.15) is 0 Å². The number of halogens is 1. The number of hydrogen-bond donors (Lipinski definition) is 0. The van der Waals surface area contributed by atoms with Crippen LogP contribution in [0.2, 0.25) is 5.02 Å². The third kappa shape index (κ3) is 2.18. The summed E-state index contributed by atoms with van der Waals surface area (Å²) in [7, 11) is 0. The second-order valence-corrected chi connectivity index (χ2v) is 4.62. The normalized spacial score (nSPS) is 13.3. The number of rotatable bonds is 3. The van der Waals surface area contributed by atoms with Crippen LogP contribution >= 0.6 is 11.6 Å². The van der Waals surface area contributed by atoms with Gasteiger partial charge in [-0.3, -0.25) is 0 Å². The molecule has 1 aromatic heterocycles. The predicted octanol–water partition coefficient (Wildman–Crippen LogP) is 4.34. The van der Waals surface area contributed by atoms with Crippen LogP contribution in [-0.2, 0) is 6.54 Å². The summed E-state index contributed by atoms with van der Waals surface area (Å²) in [6.07, 6.45) is 3.35. The zero-order chi connectivity index (χ0) is 10.8. The summed E-state index contributed by atoms with van der Waals surface area (Å²) in [6.45, 7) is 5.57. The lowest BCUT2D eigenvalue weighted by atomic mass is 10.1. The molecule has 1 heterocycles. The van der Waals surface area contributed by atoms with Crippen molar-refractivity contribution in [3.05, 3.63) is 35.5 Å². The highest BCUT2D eigenvalue weighted by molar-refractivity contribution is 6.31. The lowest BCUT2D eigenvalue weighted by Gasteiger charge is -2.11. The molecule has 0 saturated carbocycles. The van der Waals surface area contributed by atoms with Crippen molar-refractivity contribution in [2.75, 3.05) is 0 Å². The molecule has 0 aliphatic carbocycles. The summed E-state index contributed by atoms with van der Waals surface area (Å²) >= 11 is 6.00. The Labute approximate surface area is 95.7 Å². The van der Waals surface area contributed by atoms with Gasteiger partial charge in [0, 0.05) is 23.3 Å². The Kier molecular flexibility index (Phi) is 3.01. The first-order valence-electron chi connectivity index (χ1n) is 5.45. The molecule has 1 unspecified atom stereocenters. The van der Waals surface area contributed by atoms with E-state index in [-0.39, 0.29) is 0 Å². The lowest BCUT2D eigenvalue weighted by molar-refractivity contribution is 0.477. The smallest absolute Gasteiger partial charge is 0.0495 e. The molecule has 0 radical (unpaired) electrons. The molecule has 0 aliphatic heterocycles. The fourth-order valence-electron chi connectivity index (χ4n) is 1.78. The van der Waals surface area contributed by atoms with Crippen LogP contribution in [0.3, 0.4) is 0 Å². The Morgan fingerprint density at radius 2 is 2.13 bits per heavy atom. The Morgan fingerprint density at radius 1 is 1.33 bits per heavy atom. The second-order valence-electron chi connectivity index (χ2n) is 4.18. The molecule has 0 bridgehead atoms. The zero-order valence-electron chi connectivity index (χ0n) is 9.20. The van der Waals surface area contributed by atoms with Gasteiger partial charge in [0.1, 0.15) is 0 Å². The number of fused-ring (bicyclic) bond motifs is 1. The maximum atomic E-state index is 6.00. The van der Waals surface area contributed by atoms with E-state index in [0.29, 0.717) is 5.92 Å². The Morgan fingerprint density at radius 3 is 2.87 bits per heavy atom. The average molecular weight is 222 g/mol. The summed E-state index contributed by atoms with van der Waals surface area (Å²) in [5, 5.41) is 2.08. The monoisotopic (exact) mass is 221 g/mol.